The molecule has 1 fully saturated rings. The molecule has 118 valence electrons. The summed E-state index contributed by atoms with van der Waals surface area (Å²) in [6.07, 6.45) is 1.22. The molecule has 1 aromatic rings. The minimum absolute atomic E-state index is 0.676. The molecular weight excluding hydrogens is 258 g/mol. The van der Waals surface area contributed by atoms with Gasteiger partial charge in [-0.1, -0.05) is 39.0 Å². The van der Waals surface area contributed by atoms with E-state index in [9.17, 15) is 0 Å². The normalized spacial score (nSPS) is 20.2. The van der Waals surface area contributed by atoms with Gasteiger partial charge in [-0.3, -0.25) is 4.90 Å². The maximum absolute atomic E-state index is 3.58. The van der Waals surface area contributed by atoms with Crippen LogP contribution >= 0.6 is 0 Å². The molecule has 1 aliphatic heterocycles. The maximum Gasteiger partial charge on any atom is 0.0412 e. The fourth-order valence-electron chi connectivity index (χ4n) is 3.07. The van der Waals surface area contributed by atoms with Gasteiger partial charge in [0.1, 0.15) is 0 Å². The molecule has 3 nitrogen and oxygen atoms in total. The van der Waals surface area contributed by atoms with E-state index >= 15 is 0 Å². The molecule has 0 radical (unpaired) electrons. The Hall–Kier alpha value is -1.06. The van der Waals surface area contributed by atoms with Crippen molar-refractivity contribution in [3.8, 4) is 0 Å². The smallest absolute Gasteiger partial charge is 0.0412 e. The second kappa shape index (κ2) is 7.81. The topological polar surface area (TPSA) is 18.5 Å². The van der Waals surface area contributed by atoms with E-state index in [4.69, 9.17) is 0 Å². The number of piperazine rings is 1. The van der Waals surface area contributed by atoms with Crippen LogP contribution in [0.1, 0.15) is 32.8 Å². The number of anilines is 1. The average Bonchev–Trinajstić information content (AvgIpc) is 2.48. The second-order valence-electron chi connectivity index (χ2n) is 6.64. The first kappa shape index (κ1) is 16.3. The number of rotatable bonds is 6. The molecule has 0 aromatic heterocycles. The second-order valence-corrected chi connectivity index (χ2v) is 6.64. The zero-order chi connectivity index (χ0) is 15.2. The largest absolute Gasteiger partial charge is 0.368 e. The molecule has 2 rings (SSSR count). The summed E-state index contributed by atoms with van der Waals surface area (Å²) in [5.74, 6) is 0.699. The minimum atomic E-state index is 0.676. The lowest BCUT2D eigenvalue weighted by Crippen LogP contribution is -2.51. The van der Waals surface area contributed by atoms with Crippen molar-refractivity contribution in [1.29, 1.82) is 0 Å². The van der Waals surface area contributed by atoms with Crippen molar-refractivity contribution in [2.45, 2.75) is 39.8 Å². The van der Waals surface area contributed by atoms with Gasteiger partial charge in [-0.05, 0) is 37.6 Å². The molecule has 0 aliphatic carbocycles. The van der Waals surface area contributed by atoms with E-state index < -0.39 is 0 Å². The highest BCUT2D eigenvalue weighted by molar-refractivity contribution is 5.54. The first-order valence-corrected chi connectivity index (χ1v) is 8.35. The molecule has 0 spiro atoms. The van der Waals surface area contributed by atoms with E-state index in [0.29, 0.717) is 12.0 Å². The predicted octanol–water partition coefficient (Wildman–Crippen LogP) is 2.96. The van der Waals surface area contributed by atoms with Crippen LogP contribution in [0.4, 0.5) is 5.69 Å². The number of para-hydroxylation sites is 1. The molecule has 0 amide bonds. The van der Waals surface area contributed by atoms with Crippen molar-refractivity contribution in [2.24, 2.45) is 5.92 Å². The molecular formula is C18H31N3. The predicted molar refractivity (Wildman–Crippen MR) is 91.9 cm³/mol. The molecule has 1 heterocycles. The Kier molecular flexibility index (Phi) is 6.07. The molecule has 1 unspecified atom stereocenters. The standard InChI is InChI=1S/C18H31N3/c1-5-17-14-21(11-10-20(17)4)18-9-7-6-8-16(18)13-19-12-15(2)3/h6-9,15,17,19H,5,10-14H2,1-4H3. The SMILES string of the molecule is CCC1CN(c2ccccc2CNCC(C)C)CCN1C. The van der Waals surface area contributed by atoms with E-state index in [-0.39, 0.29) is 0 Å². The number of likely N-dealkylation sites (N-methyl/N-ethyl adjacent to an activating group) is 1. The van der Waals surface area contributed by atoms with Gasteiger partial charge in [0.15, 0.2) is 0 Å². The van der Waals surface area contributed by atoms with Gasteiger partial charge < -0.3 is 10.2 Å². The van der Waals surface area contributed by atoms with Gasteiger partial charge >= 0.3 is 0 Å². The molecule has 1 aliphatic rings. The molecule has 1 atom stereocenters. The van der Waals surface area contributed by atoms with Crippen LogP contribution in [0.25, 0.3) is 0 Å². The number of hydrogen-bond donors (Lipinski definition) is 1. The van der Waals surface area contributed by atoms with E-state index in [1.165, 1.54) is 17.7 Å². The third kappa shape index (κ3) is 4.45. The molecule has 0 saturated carbocycles. The highest BCUT2D eigenvalue weighted by Crippen LogP contribution is 2.24. The molecule has 1 aromatic carbocycles. The lowest BCUT2D eigenvalue weighted by Gasteiger charge is -2.41. The van der Waals surface area contributed by atoms with Crippen molar-refractivity contribution < 1.29 is 0 Å². The van der Waals surface area contributed by atoms with Gasteiger partial charge in [0, 0.05) is 37.9 Å². The number of hydrogen-bond acceptors (Lipinski definition) is 3. The first-order chi connectivity index (χ1) is 10.1. The van der Waals surface area contributed by atoms with Crippen LogP contribution < -0.4 is 10.2 Å². The van der Waals surface area contributed by atoms with Crippen molar-refractivity contribution in [2.75, 3.05) is 38.1 Å². The summed E-state index contributed by atoms with van der Waals surface area (Å²) in [5.41, 5.74) is 2.85. The summed E-state index contributed by atoms with van der Waals surface area (Å²) < 4.78 is 0. The third-order valence-electron chi connectivity index (χ3n) is 4.45. The molecule has 3 heteroatoms. The van der Waals surface area contributed by atoms with Crippen LogP contribution in [0.3, 0.4) is 0 Å². The Morgan fingerprint density at radius 2 is 2.00 bits per heavy atom. The van der Waals surface area contributed by atoms with Crippen LogP contribution in [-0.4, -0.2) is 44.2 Å². The maximum atomic E-state index is 3.58. The molecule has 0 bridgehead atoms. The Morgan fingerprint density at radius 3 is 2.71 bits per heavy atom. The lowest BCUT2D eigenvalue weighted by molar-refractivity contribution is 0.213. The van der Waals surface area contributed by atoms with Gasteiger partial charge in [-0.25, -0.2) is 0 Å². The van der Waals surface area contributed by atoms with Crippen LogP contribution in [0.5, 0.6) is 0 Å². The number of nitrogens with zero attached hydrogens (tertiary/aromatic N) is 2. The Bertz CT molecular complexity index is 430. The number of nitrogens with one attached hydrogen (secondary N) is 1. The van der Waals surface area contributed by atoms with Gasteiger partial charge in [0.2, 0.25) is 0 Å². The molecule has 1 N–H and O–H groups in total. The molecule has 1 saturated heterocycles. The zero-order valence-electron chi connectivity index (χ0n) is 14.1. The van der Waals surface area contributed by atoms with Gasteiger partial charge in [0.25, 0.3) is 0 Å². The van der Waals surface area contributed by atoms with Crippen molar-refractivity contribution in [3.63, 3.8) is 0 Å². The van der Waals surface area contributed by atoms with E-state index in [1.54, 1.807) is 0 Å². The van der Waals surface area contributed by atoms with E-state index in [1.807, 2.05) is 0 Å². The lowest BCUT2D eigenvalue weighted by atomic mass is 10.1. The summed E-state index contributed by atoms with van der Waals surface area (Å²) in [4.78, 5) is 5.07. The Morgan fingerprint density at radius 1 is 1.24 bits per heavy atom. The summed E-state index contributed by atoms with van der Waals surface area (Å²) in [5, 5.41) is 3.58. The fourth-order valence-corrected chi connectivity index (χ4v) is 3.07. The van der Waals surface area contributed by atoms with E-state index in [0.717, 1.165) is 32.7 Å². The molecule has 21 heavy (non-hydrogen) atoms. The highest BCUT2D eigenvalue weighted by atomic mass is 15.3. The average molecular weight is 289 g/mol. The third-order valence-corrected chi connectivity index (χ3v) is 4.45. The zero-order valence-corrected chi connectivity index (χ0v) is 14.1. The van der Waals surface area contributed by atoms with Gasteiger partial charge in [-0.15, -0.1) is 0 Å². The fraction of sp³-hybridized carbons (Fsp3) is 0.667. The minimum Gasteiger partial charge on any atom is -0.368 e. The van der Waals surface area contributed by atoms with Gasteiger partial charge in [0.05, 0.1) is 0 Å². The van der Waals surface area contributed by atoms with Crippen LogP contribution in [0, 0.1) is 5.92 Å². The number of benzene rings is 1. The van der Waals surface area contributed by atoms with Gasteiger partial charge in [-0.2, -0.15) is 0 Å². The van der Waals surface area contributed by atoms with E-state index in [2.05, 4.69) is 67.2 Å². The summed E-state index contributed by atoms with van der Waals surface area (Å²) >= 11 is 0. The highest BCUT2D eigenvalue weighted by Gasteiger charge is 2.23. The summed E-state index contributed by atoms with van der Waals surface area (Å²) in [6.45, 7) is 12.3. The van der Waals surface area contributed by atoms with Crippen LogP contribution in [-0.2, 0) is 6.54 Å². The Labute approximate surface area is 130 Å². The summed E-state index contributed by atoms with van der Waals surface area (Å²) in [7, 11) is 2.25. The van der Waals surface area contributed by atoms with Crippen LogP contribution in [0.2, 0.25) is 0 Å². The van der Waals surface area contributed by atoms with Crippen molar-refractivity contribution in [3.05, 3.63) is 29.8 Å². The van der Waals surface area contributed by atoms with Crippen molar-refractivity contribution in [1.82, 2.24) is 10.2 Å². The Balaban J connectivity index is 2.05. The van der Waals surface area contributed by atoms with Crippen LogP contribution in [0.15, 0.2) is 24.3 Å². The monoisotopic (exact) mass is 289 g/mol. The summed E-state index contributed by atoms with van der Waals surface area (Å²) in [6, 6.07) is 9.55. The first-order valence-electron chi connectivity index (χ1n) is 8.35. The van der Waals surface area contributed by atoms with Crippen molar-refractivity contribution >= 4 is 5.69 Å². The quantitative estimate of drug-likeness (QED) is 0.868.